The Morgan fingerprint density at radius 2 is 1.80 bits per heavy atom. The zero-order valence-electron chi connectivity index (χ0n) is 12.6. The van der Waals surface area contributed by atoms with E-state index in [0.717, 1.165) is 11.4 Å². The fourth-order valence-electron chi connectivity index (χ4n) is 2.47. The molecule has 0 saturated carbocycles. The molecule has 0 unspecified atom stereocenters. The van der Waals surface area contributed by atoms with Crippen LogP contribution in [0.15, 0.2) is 24.5 Å². The molecule has 0 aliphatic rings. The molecule has 1 heterocycles. The Hall–Kier alpha value is -1.97. The van der Waals surface area contributed by atoms with Gasteiger partial charge in [0.15, 0.2) is 0 Å². The van der Waals surface area contributed by atoms with Gasteiger partial charge in [-0.3, -0.25) is 4.79 Å². The molecule has 106 valence electrons. The SMILES string of the molecule is Cc1cc(C)cc(CC(=O)Cc2ncnn2C(C)C)c1. The van der Waals surface area contributed by atoms with Gasteiger partial charge in [-0.2, -0.15) is 5.10 Å². The second-order valence-electron chi connectivity index (χ2n) is 5.60. The monoisotopic (exact) mass is 271 g/mol. The number of hydrogen-bond acceptors (Lipinski definition) is 3. The van der Waals surface area contributed by atoms with E-state index >= 15 is 0 Å². The van der Waals surface area contributed by atoms with Crippen LogP contribution in [0, 0.1) is 13.8 Å². The lowest BCUT2D eigenvalue weighted by Crippen LogP contribution is -2.14. The summed E-state index contributed by atoms with van der Waals surface area (Å²) in [4.78, 5) is 16.4. The maximum Gasteiger partial charge on any atom is 0.144 e. The minimum atomic E-state index is 0.171. The van der Waals surface area contributed by atoms with E-state index in [1.54, 1.807) is 4.68 Å². The minimum Gasteiger partial charge on any atom is -0.299 e. The topological polar surface area (TPSA) is 47.8 Å². The van der Waals surface area contributed by atoms with Gasteiger partial charge in [0.25, 0.3) is 0 Å². The van der Waals surface area contributed by atoms with E-state index in [1.165, 1.54) is 17.5 Å². The number of nitrogens with zero attached hydrogens (tertiary/aromatic N) is 3. The van der Waals surface area contributed by atoms with Gasteiger partial charge in [0.05, 0.1) is 6.42 Å². The third kappa shape index (κ3) is 3.53. The molecule has 0 radical (unpaired) electrons. The summed E-state index contributed by atoms with van der Waals surface area (Å²) in [6, 6.07) is 6.47. The van der Waals surface area contributed by atoms with Crippen molar-refractivity contribution in [2.75, 3.05) is 0 Å². The van der Waals surface area contributed by atoms with Gasteiger partial charge in [-0.25, -0.2) is 9.67 Å². The van der Waals surface area contributed by atoms with Crippen molar-refractivity contribution in [3.63, 3.8) is 0 Å². The van der Waals surface area contributed by atoms with E-state index in [1.807, 2.05) is 13.8 Å². The van der Waals surface area contributed by atoms with E-state index in [4.69, 9.17) is 0 Å². The Morgan fingerprint density at radius 1 is 1.15 bits per heavy atom. The Labute approximate surface area is 119 Å². The zero-order valence-corrected chi connectivity index (χ0v) is 12.6. The highest BCUT2D eigenvalue weighted by molar-refractivity contribution is 5.82. The highest BCUT2D eigenvalue weighted by atomic mass is 16.1. The smallest absolute Gasteiger partial charge is 0.144 e. The van der Waals surface area contributed by atoms with Crippen molar-refractivity contribution in [3.8, 4) is 0 Å². The molecule has 0 amide bonds. The predicted octanol–water partition coefficient (Wildman–Crippen LogP) is 2.83. The standard InChI is InChI=1S/C16H21N3O/c1-11(2)19-16(17-10-18-19)9-15(20)8-14-6-12(3)5-13(4)7-14/h5-7,10-11H,8-9H2,1-4H3. The molecule has 2 aromatic rings. The molecular formula is C16H21N3O. The van der Waals surface area contributed by atoms with Gasteiger partial charge in [0, 0.05) is 12.5 Å². The van der Waals surface area contributed by atoms with Crippen molar-refractivity contribution in [1.29, 1.82) is 0 Å². The fourth-order valence-corrected chi connectivity index (χ4v) is 2.47. The van der Waals surface area contributed by atoms with Crippen molar-refractivity contribution >= 4 is 5.78 Å². The molecule has 4 heteroatoms. The first-order valence-corrected chi connectivity index (χ1v) is 6.93. The van der Waals surface area contributed by atoms with Crippen LogP contribution in [0.4, 0.5) is 0 Å². The van der Waals surface area contributed by atoms with E-state index in [2.05, 4.69) is 42.1 Å². The summed E-state index contributed by atoms with van der Waals surface area (Å²) in [5.74, 6) is 0.916. The van der Waals surface area contributed by atoms with E-state index < -0.39 is 0 Å². The third-order valence-corrected chi connectivity index (χ3v) is 3.17. The quantitative estimate of drug-likeness (QED) is 0.840. The van der Waals surface area contributed by atoms with Crippen LogP contribution in [0.25, 0.3) is 0 Å². The number of aryl methyl sites for hydroxylation is 2. The molecule has 1 aromatic carbocycles. The van der Waals surface area contributed by atoms with Crippen LogP contribution >= 0.6 is 0 Å². The molecule has 0 spiro atoms. The molecule has 0 bridgehead atoms. The van der Waals surface area contributed by atoms with Crippen LogP contribution < -0.4 is 0 Å². The second kappa shape index (κ2) is 5.99. The first-order chi connectivity index (χ1) is 9.45. The van der Waals surface area contributed by atoms with Gasteiger partial charge in [0.1, 0.15) is 17.9 Å². The van der Waals surface area contributed by atoms with Crippen molar-refractivity contribution in [2.24, 2.45) is 0 Å². The van der Waals surface area contributed by atoms with Crippen LogP contribution in [0.1, 0.15) is 42.4 Å². The number of carbonyl (C=O) groups is 1. The molecular weight excluding hydrogens is 250 g/mol. The summed E-state index contributed by atoms with van der Waals surface area (Å²) in [6.07, 6.45) is 2.30. The molecule has 0 fully saturated rings. The summed E-state index contributed by atoms with van der Waals surface area (Å²) >= 11 is 0. The number of Topliss-reactive ketones (excluding diaryl/α,β-unsaturated/α-hetero) is 1. The highest BCUT2D eigenvalue weighted by Crippen LogP contribution is 2.12. The molecule has 4 nitrogen and oxygen atoms in total. The van der Waals surface area contributed by atoms with Crippen molar-refractivity contribution in [1.82, 2.24) is 14.8 Å². The highest BCUT2D eigenvalue weighted by Gasteiger charge is 2.13. The zero-order chi connectivity index (χ0) is 14.7. The molecule has 2 rings (SSSR count). The van der Waals surface area contributed by atoms with Gasteiger partial charge in [-0.05, 0) is 33.3 Å². The lowest BCUT2D eigenvalue weighted by Gasteiger charge is -2.09. The van der Waals surface area contributed by atoms with Gasteiger partial charge in [-0.15, -0.1) is 0 Å². The first-order valence-electron chi connectivity index (χ1n) is 6.93. The van der Waals surface area contributed by atoms with Crippen molar-refractivity contribution < 1.29 is 4.79 Å². The van der Waals surface area contributed by atoms with E-state index in [-0.39, 0.29) is 11.8 Å². The number of hydrogen-bond donors (Lipinski definition) is 0. The summed E-state index contributed by atoms with van der Waals surface area (Å²) in [7, 11) is 0. The van der Waals surface area contributed by atoms with E-state index in [0.29, 0.717) is 12.8 Å². The van der Waals surface area contributed by atoms with Crippen LogP contribution in [0.5, 0.6) is 0 Å². The lowest BCUT2D eigenvalue weighted by atomic mass is 10.0. The molecule has 1 aromatic heterocycles. The normalized spacial score (nSPS) is 11.1. The average Bonchev–Trinajstić information content (AvgIpc) is 2.75. The largest absolute Gasteiger partial charge is 0.299 e. The third-order valence-electron chi connectivity index (χ3n) is 3.17. The Kier molecular flexibility index (Phi) is 4.32. The van der Waals surface area contributed by atoms with E-state index in [9.17, 15) is 4.79 Å². The Balaban J connectivity index is 2.07. The number of ketones is 1. The summed E-state index contributed by atoms with van der Waals surface area (Å²) in [5.41, 5.74) is 3.46. The summed E-state index contributed by atoms with van der Waals surface area (Å²) in [6.45, 7) is 8.17. The molecule has 0 saturated heterocycles. The number of benzene rings is 1. The molecule has 20 heavy (non-hydrogen) atoms. The lowest BCUT2D eigenvalue weighted by molar-refractivity contribution is -0.117. The average molecular weight is 271 g/mol. The maximum atomic E-state index is 12.2. The minimum absolute atomic E-state index is 0.171. The van der Waals surface area contributed by atoms with Gasteiger partial charge in [-0.1, -0.05) is 29.3 Å². The molecule has 0 aliphatic heterocycles. The van der Waals surface area contributed by atoms with Crippen LogP contribution in [-0.4, -0.2) is 20.5 Å². The molecule has 0 aliphatic carbocycles. The van der Waals surface area contributed by atoms with Crippen molar-refractivity contribution in [2.45, 2.75) is 46.6 Å². The summed E-state index contributed by atoms with van der Waals surface area (Å²) < 4.78 is 1.80. The first kappa shape index (κ1) is 14.4. The van der Waals surface area contributed by atoms with Gasteiger partial charge < -0.3 is 0 Å². The molecule has 0 N–H and O–H groups in total. The Bertz CT molecular complexity index is 594. The number of carbonyl (C=O) groups excluding carboxylic acids is 1. The fraction of sp³-hybridized carbons (Fsp3) is 0.438. The van der Waals surface area contributed by atoms with Gasteiger partial charge in [0.2, 0.25) is 0 Å². The predicted molar refractivity (Wildman–Crippen MR) is 78.7 cm³/mol. The maximum absolute atomic E-state index is 12.2. The number of aromatic nitrogens is 3. The second-order valence-corrected chi connectivity index (χ2v) is 5.60. The summed E-state index contributed by atoms with van der Waals surface area (Å²) in [5, 5.41) is 4.16. The van der Waals surface area contributed by atoms with Crippen LogP contribution in [0.2, 0.25) is 0 Å². The van der Waals surface area contributed by atoms with Crippen LogP contribution in [-0.2, 0) is 17.6 Å². The van der Waals surface area contributed by atoms with Gasteiger partial charge >= 0.3 is 0 Å². The van der Waals surface area contributed by atoms with Crippen LogP contribution in [0.3, 0.4) is 0 Å². The number of rotatable bonds is 5. The van der Waals surface area contributed by atoms with Crippen molar-refractivity contribution in [3.05, 3.63) is 47.0 Å². The Morgan fingerprint density at radius 3 is 2.40 bits per heavy atom. The molecule has 0 atom stereocenters.